The molecule has 0 aliphatic heterocycles. The Bertz CT molecular complexity index is 1360. The van der Waals surface area contributed by atoms with E-state index in [-0.39, 0.29) is 22.3 Å². The molecule has 2 heterocycles. The average molecular weight is 460 g/mol. The molecule has 4 aromatic rings. The van der Waals surface area contributed by atoms with Crippen molar-refractivity contribution in [3.63, 3.8) is 0 Å². The van der Waals surface area contributed by atoms with Gasteiger partial charge in [-0.2, -0.15) is 18.3 Å². The van der Waals surface area contributed by atoms with E-state index in [1.54, 1.807) is 30.7 Å². The molecule has 0 aliphatic rings. The number of carbonyl (C=O) groups is 1. The molecule has 170 valence electrons. The van der Waals surface area contributed by atoms with Crippen molar-refractivity contribution < 1.29 is 26.7 Å². The fourth-order valence-electron chi connectivity index (χ4n) is 3.51. The number of amides is 1. The molecule has 0 saturated carbocycles. The van der Waals surface area contributed by atoms with Crippen LogP contribution in [0, 0.1) is 25.5 Å². The third-order valence-electron chi connectivity index (χ3n) is 5.17. The number of halogens is 5. The molecule has 1 amide bonds. The third kappa shape index (κ3) is 4.55. The Hall–Kier alpha value is -3.82. The van der Waals surface area contributed by atoms with Crippen LogP contribution >= 0.6 is 0 Å². The first kappa shape index (κ1) is 22.4. The first-order valence-corrected chi connectivity index (χ1v) is 9.80. The van der Waals surface area contributed by atoms with Gasteiger partial charge in [0.25, 0.3) is 5.91 Å². The molecule has 1 N–H and O–H groups in total. The van der Waals surface area contributed by atoms with E-state index in [9.17, 15) is 26.7 Å². The van der Waals surface area contributed by atoms with Crippen LogP contribution in [0.1, 0.15) is 33.0 Å². The molecule has 2 aromatic carbocycles. The van der Waals surface area contributed by atoms with Gasteiger partial charge in [-0.3, -0.25) is 9.48 Å². The summed E-state index contributed by atoms with van der Waals surface area (Å²) in [6.07, 6.45) is -4.79. The van der Waals surface area contributed by atoms with Gasteiger partial charge in [0.1, 0.15) is 17.3 Å². The highest BCUT2D eigenvalue weighted by Gasteiger charge is 2.34. The number of nitrogens with zero attached hydrogens (tertiary/aromatic N) is 3. The second kappa shape index (κ2) is 8.27. The second-order valence-corrected chi connectivity index (χ2v) is 7.50. The highest BCUT2D eigenvalue weighted by Crippen LogP contribution is 2.32. The number of alkyl halides is 3. The minimum Gasteiger partial charge on any atom is -0.319 e. The maximum Gasteiger partial charge on any atom is 0.433 e. The van der Waals surface area contributed by atoms with Gasteiger partial charge in [-0.05, 0) is 55.8 Å². The predicted octanol–water partition coefficient (Wildman–Crippen LogP) is 5.65. The number of anilines is 1. The van der Waals surface area contributed by atoms with Gasteiger partial charge in [-0.25, -0.2) is 13.8 Å². The maximum atomic E-state index is 13.8. The minimum atomic E-state index is -4.79. The van der Waals surface area contributed by atoms with Gasteiger partial charge in [0.05, 0.1) is 34.7 Å². The summed E-state index contributed by atoms with van der Waals surface area (Å²) in [4.78, 5) is 16.5. The molecule has 0 aliphatic carbocycles. The molecule has 0 spiro atoms. The van der Waals surface area contributed by atoms with Crippen LogP contribution in [0.3, 0.4) is 0 Å². The number of aromatic nitrogens is 3. The highest BCUT2D eigenvalue weighted by atomic mass is 19.4. The van der Waals surface area contributed by atoms with Crippen molar-refractivity contribution in [2.45, 2.75) is 26.6 Å². The Balaban J connectivity index is 1.71. The summed E-state index contributed by atoms with van der Waals surface area (Å²) in [5.41, 5.74) is 0.289. The Labute approximate surface area is 184 Å². The first-order valence-electron chi connectivity index (χ1n) is 9.80. The van der Waals surface area contributed by atoms with E-state index in [0.29, 0.717) is 29.7 Å². The molecule has 0 bridgehead atoms. The topological polar surface area (TPSA) is 59.8 Å². The molecule has 33 heavy (non-hydrogen) atoms. The number of hydrogen-bond donors (Lipinski definition) is 1. The largest absolute Gasteiger partial charge is 0.433 e. The van der Waals surface area contributed by atoms with Crippen LogP contribution in [0.5, 0.6) is 0 Å². The van der Waals surface area contributed by atoms with Crippen molar-refractivity contribution in [2.24, 2.45) is 0 Å². The van der Waals surface area contributed by atoms with E-state index in [1.807, 2.05) is 0 Å². The van der Waals surface area contributed by atoms with Crippen LogP contribution < -0.4 is 5.32 Å². The van der Waals surface area contributed by atoms with Gasteiger partial charge in [-0.1, -0.05) is 12.1 Å². The first-order chi connectivity index (χ1) is 15.5. The molecule has 0 radical (unpaired) electrons. The number of hydrogen-bond acceptors (Lipinski definition) is 3. The SMILES string of the molecule is Cc1nn(Cc2ccc(F)cc2)c(C)c1NC(=O)c1cc(C(F)(F)F)nc2ccc(F)cc12. The van der Waals surface area contributed by atoms with Crippen LogP contribution in [0.4, 0.5) is 27.6 Å². The van der Waals surface area contributed by atoms with Gasteiger partial charge in [0, 0.05) is 5.39 Å². The summed E-state index contributed by atoms with van der Waals surface area (Å²) in [6, 6.07) is 9.46. The molecule has 4 rings (SSSR count). The lowest BCUT2D eigenvalue weighted by molar-refractivity contribution is -0.140. The lowest BCUT2D eigenvalue weighted by atomic mass is 10.1. The molecule has 0 fully saturated rings. The van der Waals surface area contributed by atoms with E-state index in [2.05, 4.69) is 15.4 Å². The van der Waals surface area contributed by atoms with Gasteiger partial charge in [0.15, 0.2) is 0 Å². The Morgan fingerprint density at radius 3 is 2.33 bits per heavy atom. The number of rotatable bonds is 4. The van der Waals surface area contributed by atoms with Crippen LogP contribution in [0.2, 0.25) is 0 Å². The summed E-state index contributed by atoms with van der Waals surface area (Å²) >= 11 is 0. The average Bonchev–Trinajstić information content (AvgIpc) is 3.01. The van der Waals surface area contributed by atoms with Crippen molar-refractivity contribution in [3.8, 4) is 0 Å². The monoisotopic (exact) mass is 460 g/mol. The summed E-state index contributed by atoms with van der Waals surface area (Å²) in [5, 5.41) is 6.92. The lowest BCUT2D eigenvalue weighted by Gasteiger charge is -2.12. The van der Waals surface area contributed by atoms with Crippen molar-refractivity contribution >= 4 is 22.5 Å². The van der Waals surface area contributed by atoms with Crippen molar-refractivity contribution in [2.75, 3.05) is 5.32 Å². The standard InChI is InChI=1S/C23H17F5N4O/c1-12-21(13(2)32(31-12)11-14-3-5-15(24)6-4-14)30-22(33)18-10-20(23(26,27)28)29-19-8-7-16(25)9-17(18)19/h3-10H,11H2,1-2H3,(H,30,33). The predicted molar refractivity (Wildman–Crippen MR) is 112 cm³/mol. The Kier molecular flexibility index (Phi) is 5.61. The zero-order valence-electron chi connectivity index (χ0n) is 17.5. The number of carbonyl (C=O) groups excluding carboxylic acids is 1. The van der Waals surface area contributed by atoms with Crippen LogP contribution in [0.25, 0.3) is 10.9 Å². The van der Waals surface area contributed by atoms with Crippen LogP contribution in [-0.4, -0.2) is 20.7 Å². The molecular weight excluding hydrogens is 443 g/mol. The van der Waals surface area contributed by atoms with Gasteiger partial charge in [-0.15, -0.1) is 0 Å². The van der Waals surface area contributed by atoms with Gasteiger partial charge < -0.3 is 5.32 Å². The van der Waals surface area contributed by atoms with E-state index in [0.717, 1.165) is 23.8 Å². The number of pyridine rings is 1. The molecule has 0 atom stereocenters. The van der Waals surface area contributed by atoms with E-state index in [1.165, 1.54) is 12.1 Å². The Morgan fingerprint density at radius 2 is 1.67 bits per heavy atom. The summed E-state index contributed by atoms with van der Waals surface area (Å²) < 4.78 is 68.5. The van der Waals surface area contributed by atoms with E-state index >= 15 is 0 Å². The number of nitrogens with one attached hydrogen (secondary N) is 1. The summed E-state index contributed by atoms with van der Waals surface area (Å²) in [5.74, 6) is -1.94. The summed E-state index contributed by atoms with van der Waals surface area (Å²) in [7, 11) is 0. The fourth-order valence-corrected chi connectivity index (χ4v) is 3.51. The quantitative estimate of drug-likeness (QED) is 0.401. The zero-order valence-corrected chi connectivity index (χ0v) is 17.5. The van der Waals surface area contributed by atoms with Crippen LogP contribution in [-0.2, 0) is 12.7 Å². The Morgan fingerprint density at radius 1 is 1.00 bits per heavy atom. The van der Waals surface area contributed by atoms with Crippen LogP contribution in [0.15, 0.2) is 48.5 Å². The fraction of sp³-hybridized carbons (Fsp3) is 0.174. The summed E-state index contributed by atoms with van der Waals surface area (Å²) in [6.45, 7) is 3.62. The van der Waals surface area contributed by atoms with Crippen molar-refractivity contribution in [1.82, 2.24) is 14.8 Å². The van der Waals surface area contributed by atoms with Crippen molar-refractivity contribution in [1.29, 1.82) is 0 Å². The number of fused-ring (bicyclic) bond motifs is 1. The highest BCUT2D eigenvalue weighted by molar-refractivity contribution is 6.12. The molecule has 0 unspecified atom stereocenters. The van der Waals surface area contributed by atoms with Crippen molar-refractivity contribution in [3.05, 3.63) is 88.4 Å². The lowest BCUT2D eigenvalue weighted by Crippen LogP contribution is -2.17. The molecule has 0 saturated heterocycles. The smallest absolute Gasteiger partial charge is 0.319 e. The zero-order chi connectivity index (χ0) is 23.9. The van der Waals surface area contributed by atoms with Gasteiger partial charge in [0.2, 0.25) is 0 Å². The number of aryl methyl sites for hydroxylation is 1. The van der Waals surface area contributed by atoms with E-state index < -0.39 is 23.6 Å². The normalized spacial score (nSPS) is 11.7. The molecular formula is C23H17F5N4O. The number of benzene rings is 2. The van der Waals surface area contributed by atoms with Gasteiger partial charge >= 0.3 is 6.18 Å². The molecule has 10 heteroatoms. The maximum absolute atomic E-state index is 13.8. The van der Waals surface area contributed by atoms with E-state index in [4.69, 9.17) is 0 Å². The third-order valence-corrected chi connectivity index (χ3v) is 5.17. The second-order valence-electron chi connectivity index (χ2n) is 7.50. The minimum absolute atomic E-state index is 0.0467. The molecule has 2 aromatic heterocycles. The molecule has 5 nitrogen and oxygen atoms in total.